The zero-order valence-corrected chi connectivity index (χ0v) is 35.0. The molecule has 8 rings (SSSR count). The monoisotopic (exact) mass is 859 g/mol. The molecule has 0 spiro atoms. The van der Waals surface area contributed by atoms with Crippen LogP contribution < -0.4 is 30.2 Å². The maximum atomic E-state index is 15.7. The molecule has 20 heteroatoms. The number of rotatable bonds is 12. The van der Waals surface area contributed by atoms with Gasteiger partial charge in [-0.2, -0.15) is 0 Å². The summed E-state index contributed by atoms with van der Waals surface area (Å²) in [6.07, 6.45) is 2.24. The number of carboxylic acids is 1. The molecule has 3 saturated carbocycles. The minimum Gasteiger partial charge on any atom is -0.495 e. The van der Waals surface area contributed by atoms with Crippen molar-refractivity contribution in [2.45, 2.75) is 82.6 Å². The SMILES string of the molecule is COc1c(F)cc(C(NC(=O)N2CCN(C3CCNCC3)C(=O)C2=O)C(=O)N[C@@H](Cc2ccc(F)c(C(=O)O)c2OC)B2O[C@@H]3C[C@@H]4C[C@@H](C4(C)C)[C@]3(C)O2)c(Cl)c1OC. The van der Waals surface area contributed by atoms with Crippen LogP contribution in [0.4, 0.5) is 13.6 Å². The van der Waals surface area contributed by atoms with Gasteiger partial charge in [0, 0.05) is 24.7 Å². The number of piperidine rings is 1. The van der Waals surface area contributed by atoms with Crippen molar-refractivity contribution < 1.29 is 61.4 Å². The second kappa shape index (κ2) is 16.6. The molecule has 6 fully saturated rings. The van der Waals surface area contributed by atoms with Crippen LogP contribution >= 0.6 is 11.6 Å². The van der Waals surface area contributed by atoms with E-state index < -0.39 is 71.6 Å². The first-order valence-corrected chi connectivity index (χ1v) is 20.3. The fourth-order valence-corrected chi connectivity index (χ4v) is 10.3. The molecule has 3 aliphatic carbocycles. The number of halogens is 3. The molecule has 2 aromatic carbocycles. The van der Waals surface area contributed by atoms with Crippen LogP contribution in [0.1, 0.15) is 74.0 Å². The second-order valence-corrected chi connectivity index (χ2v) is 17.1. The lowest BCUT2D eigenvalue weighted by Crippen LogP contribution is -2.65. The predicted molar refractivity (Wildman–Crippen MR) is 211 cm³/mol. The Hall–Kier alpha value is -4.72. The summed E-state index contributed by atoms with van der Waals surface area (Å²) in [5, 5.41) is 18.1. The van der Waals surface area contributed by atoms with Gasteiger partial charge in [0.2, 0.25) is 5.91 Å². The Kier molecular flexibility index (Phi) is 12.0. The lowest BCUT2D eigenvalue weighted by molar-refractivity contribution is -0.199. The van der Waals surface area contributed by atoms with Gasteiger partial charge in [-0.15, -0.1) is 0 Å². The van der Waals surface area contributed by atoms with E-state index in [1.54, 1.807) is 0 Å². The van der Waals surface area contributed by atoms with Gasteiger partial charge in [-0.25, -0.2) is 18.4 Å². The van der Waals surface area contributed by atoms with E-state index in [0.717, 1.165) is 18.6 Å². The highest BCUT2D eigenvalue weighted by Gasteiger charge is 2.68. The Morgan fingerprint density at radius 2 is 1.67 bits per heavy atom. The summed E-state index contributed by atoms with van der Waals surface area (Å²) in [7, 11) is 2.40. The Bertz CT molecular complexity index is 2090. The van der Waals surface area contributed by atoms with Gasteiger partial charge in [0.1, 0.15) is 23.2 Å². The summed E-state index contributed by atoms with van der Waals surface area (Å²) in [5.74, 6) is -8.30. The molecular weight excluding hydrogens is 811 g/mol. The van der Waals surface area contributed by atoms with Gasteiger partial charge in [-0.3, -0.25) is 19.3 Å². The van der Waals surface area contributed by atoms with Crippen molar-refractivity contribution in [3.05, 3.63) is 51.5 Å². The molecule has 6 atom stereocenters. The van der Waals surface area contributed by atoms with Crippen molar-refractivity contribution in [2.24, 2.45) is 17.3 Å². The second-order valence-electron chi connectivity index (χ2n) is 16.7. The van der Waals surface area contributed by atoms with Crippen LogP contribution in [-0.4, -0.2) is 123 Å². The van der Waals surface area contributed by atoms with E-state index in [9.17, 15) is 33.5 Å². The average molecular weight is 860 g/mol. The quantitative estimate of drug-likeness (QED) is 0.180. The Morgan fingerprint density at radius 1 is 0.983 bits per heavy atom. The van der Waals surface area contributed by atoms with Crippen molar-refractivity contribution >= 4 is 48.4 Å². The fraction of sp³-hybridized carbons (Fsp3) is 0.575. The van der Waals surface area contributed by atoms with Crippen LogP contribution in [0.3, 0.4) is 0 Å². The number of imide groups is 1. The van der Waals surface area contributed by atoms with Crippen LogP contribution in [0.15, 0.2) is 18.2 Å². The van der Waals surface area contributed by atoms with E-state index in [1.807, 2.05) is 6.92 Å². The number of piperazine rings is 1. The summed E-state index contributed by atoms with van der Waals surface area (Å²) >= 11 is 6.77. The van der Waals surface area contributed by atoms with E-state index in [1.165, 1.54) is 32.3 Å². The van der Waals surface area contributed by atoms with Crippen molar-refractivity contribution in [3.8, 4) is 17.2 Å². The third-order valence-electron chi connectivity index (χ3n) is 13.3. The predicted octanol–water partition coefficient (Wildman–Crippen LogP) is 3.51. The zero-order chi connectivity index (χ0) is 43.4. The number of ether oxygens (including phenoxy) is 3. The van der Waals surface area contributed by atoms with Gasteiger partial charge in [-0.1, -0.05) is 31.5 Å². The van der Waals surface area contributed by atoms with Gasteiger partial charge in [0.15, 0.2) is 17.3 Å². The molecule has 3 aliphatic heterocycles. The van der Waals surface area contributed by atoms with Crippen LogP contribution in [0.25, 0.3) is 0 Å². The van der Waals surface area contributed by atoms with Gasteiger partial charge < -0.3 is 49.5 Å². The van der Waals surface area contributed by atoms with Crippen molar-refractivity contribution in [1.82, 2.24) is 25.8 Å². The molecule has 0 aromatic heterocycles. The number of urea groups is 1. The molecule has 6 aliphatic rings. The molecule has 0 radical (unpaired) electrons. The van der Waals surface area contributed by atoms with Gasteiger partial charge in [-0.05, 0) is 87.1 Å². The number of carbonyl (C=O) groups is 5. The molecule has 2 bridgehead atoms. The van der Waals surface area contributed by atoms with Crippen molar-refractivity contribution in [1.29, 1.82) is 0 Å². The number of methoxy groups -OCH3 is 3. The lowest BCUT2D eigenvalue weighted by atomic mass is 9.43. The maximum Gasteiger partial charge on any atom is 0.482 e. The third kappa shape index (κ3) is 7.40. The first-order valence-electron chi connectivity index (χ1n) is 19.9. The van der Waals surface area contributed by atoms with Crippen molar-refractivity contribution in [3.63, 3.8) is 0 Å². The highest BCUT2D eigenvalue weighted by molar-refractivity contribution is 6.48. The van der Waals surface area contributed by atoms with Crippen LogP contribution in [0, 0.1) is 28.9 Å². The number of nitrogens with zero attached hydrogens (tertiary/aromatic N) is 2. The fourth-order valence-electron chi connectivity index (χ4n) is 9.97. The van der Waals surface area contributed by atoms with E-state index in [4.69, 9.17) is 35.1 Å². The Labute approximate surface area is 351 Å². The number of carboxylic acid groups (broad SMARTS) is 1. The number of aromatic carboxylic acids is 1. The summed E-state index contributed by atoms with van der Waals surface area (Å²) in [4.78, 5) is 70.0. The van der Waals surface area contributed by atoms with E-state index >= 15 is 4.39 Å². The molecule has 4 N–H and O–H groups in total. The highest BCUT2D eigenvalue weighted by Crippen LogP contribution is 2.65. The number of hydrogen-bond acceptors (Lipinski definition) is 11. The van der Waals surface area contributed by atoms with E-state index in [2.05, 4.69) is 29.8 Å². The minimum absolute atomic E-state index is 0.0552. The molecule has 5 amide bonds. The van der Waals surface area contributed by atoms with Crippen LogP contribution in [-0.2, 0) is 30.1 Å². The number of benzene rings is 2. The van der Waals surface area contributed by atoms with Crippen LogP contribution in [0.2, 0.25) is 5.02 Å². The topological polar surface area (TPSA) is 194 Å². The molecule has 2 aromatic rings. The molecule has 1 unspecified atom stereocenters. The number of hydrogen-bond donors (Lipinski definition) is 4. The maximum absolute atomic E-state index is 15.7. The first-order chi connectivity index (χ1) is 28.5. The molecular formula is C40H49BClF2N5O11. The molecule has 3 heterocycles. The van der Waals surface area contributed by atoms with Gasteiger partial charge >= 0.3 is 30.9 Å². The van der Waals surface area contributed by atoms with Gasteiger partial charge in [0.25, 0.3) is 0 Å². The first kappa shape index (κ1) is 43.4. The van der Waals surface area contributed by atoms with Gasteiger partial charge in [0.05, 0.1) is 44.0 Å². The minimum atomic E-state index is -1.86. The largest absolute Gasteiger partial charge is 0.495 e. The summed E-state index contributed by atoms with van der Waals surface area (Å²) in [5.41, 5.74) is -1.69. The lowest BCUT2D eigenvalue weighted by Gasteiger charge is -2.64. The normalized spacial score (nSPS) is 25.8. The smallest absolute Gasteiger partial charge is 0.482 e. The Morgan fingerprint density at radius 3 is 2.30 bits per heavy atom. The zero-order valence-electron chi connectivity index (χ0n) is 34.2. The van der Waals surface area contributed by atoms with E-state index in [0.29, 0.717) is 43.2 Å². The third-order valence-corrected chi connectivity index (χ3v) is 13.7. The molecule has 324 valence electrons. The summed E-state index contributed by atoms with van der Waals surface area (Å²) < 4.78 is 59.8. The standard InChI is InChI=1S/C40H49BClF2N5O11/c1-39(2)20-16-25(39)40(3)26(17-20)59-41(60-40)27(15-19-7-8-23(43)28(37(53)54)31(19)56-4)46-34(50)30(22-18-24(44)32(57-5)33(58-6)29(22)42)47-38(55)49-14-13-48(35(51)36(49)52)21-9-11-45-12-10-21/h7-8,18,20-21,25-27,30,45H,9-17H2,1-6H3,(H,46,50)(H,47,55)(H,53,54)/t20-,25-,26+,27-,30?,40-/m0/s1. The highest BCUT2D eigenvalue weighted by atomic mass is 35.5. The molecule has 60 heavy (non-hydrogen) atoms. The van der Waals surface area contributed by atoms with Crippen LogP contribution in [0.5, 0.6) is 17.2 Å². The number of amides is 5. The number of carbonyl (C=O) groups excluding carboxylic acids is 4. The number of nitrogens with one attached hydrogen (secondary N) is 3. The molecule has 3 saturated heterocycles. The van der Waals surface area contributed by atoms with Crippen molar-refractivity contribution in [2.75, 3.05) is 47.5 Å². The summed E-state index contributed by atoms with van der Waals surface area (Å²) in [6, 6.07) is -0.0282. The Balaban J connectivity index is 1.24. The average Bonchev–Trinajstić information content (AvgIpc) is 3.59. The van der Waals surface area contributed by atoms with E-state index in [-0.39, 0.29) is 76.4 Å². The molecule has 16 nitrogen and oxygen atoms in total. The summed E-state index contributed by atoms with van der Waals surface area (Å²) in [6.45, 7) is 7.49.